The normalized spacial score (nSPS) is 17.5. The van der Waals surface area contributed by atoms with Gasteiger partial charge in [0, 0.05) is 5.41 Å². The van der Waals surface area contributed by atoms with Crippen molar-refractivity contribution in [2.45, 2.75) is 24.3 Å². The average Bonchev–Trinajstić information content (AvgIpc) is 2.77. The van der Waals surface area contributed by atoms with Crippen LogP contribution in [0.1, 0.15) is 28.8 Å². The van der Waals surface area contributed by atoms with Crippen LogP contribution in [0.25, 0.3) is 0 Å². The van der Waals surface area contributed by atoms with E-state index in [2.05, 4.69) is 15.0 Å². The fourth-order valence-electron chi connectivity index (χ4n) is 4.17. The lowest BCUT2D eigenvalue weighted by molar-refractivity contribution is 0.0919. The van der Waals surface area contributed by atoms with Crippen LogP contribution >= 0.6 is 0 Å². The zero-order valence-corrected chi connectivity index (χ0v) is 18.5. The molecule has 0 radical (unpaired) electrons. The van der Waals surface area contributed by atoms with E-state index in [1.54, 1.807) is 24.3 Å². The Hall–Kier alpha value is -2.91. The maximum Gasteiger partial charge on any atom is 0.255 e. The molecule has 4 N–H and O–H groups in total. The van der Waals surface area contributed by atoms with Gasteiger partial charge in [-0.05, 0) is 43.6 Å². The van der Waals surface area contributed by atoms with Crippen molar-refractivity contribution in [2.24, 2.45) is 10.1 Å². The standard InChI is InChI=1S/C22H28N4O4S/c1-30-18-11-7-6-10-17(18)21(27)25-19(20(23)26-31(2,28)29)22(12-14-24-15-13-22)16-8-4-3-5-9-16/h3-11,19,24H,12-15H2,1-2H3,(H2,23,26)(H,25,27). The highest BCUT2D eigenvalue weighted by Crippen LogP contribution is 2.37. The Bertz CT molecular complexity index is 1050. The Balaban J connectivity index is 2.11. The van der Waals surface area contributed by atoms with Crippen LogP contribution in [-0.2, 0) is 15.4 Å². The Kier molecular flexibility index (Phi) is 6.97. The van der Waals surface area contributed by atoms with Crippen LogP contribution in [0.4, 0.5) is 0 Å². The number of ether oxygens (including phenoxy) is 1. The number of piperidine rings is 1. The molecule has 1 unspecified atom stereocenters. The first-order valence-corrected chi connectivity index (χ1v) is 11.9. The first-order chi connectivity index (χ1) is 14.8. The molecule has 1 saturated heterocycles. The summed E-state index contributed by atoms with van der Waals surface area (Å²) in [7, 11) is -2.27. The van der Waals surface area contributed by atoms with Gasteiger partial charge in [0.15, 0.2) is 0 Å². The summed E-state index contributed by atoms with van der Waals surface area (Å²) in [5, 5.41) is 6.30. The third-order valence-corrected chi connectivity index (χ3v) is 6.13. The molecule has 3 rings (SSSR count). The predicted molar refractivity (Wildman–Crippen MR) is 121 cm³/mol. The highest BCUT2D eigenvalue weighted by molar-refractivity contribution is 7.89. The first kappa shape index (κ1) is 22.8. The molecule has 0 aromatic heterocycles. The Morgan fingerprint density at radius 1 is 1.13 bits per heavy atom. The molecule has 2 aromatic carbocycles. The zero-order valence-electron chi connectivity index (χ0n) is 17.7. The van der Waals surface area contributed by atoms with Gasteiger partial charge in [-0.15, -0.1) is 4.40 Å². The number of para-hydroxylation sites is 1. The minimum absolute atomic E-state index is 0.142. The van der Waals surface area contributed by atoms with Crippen molar-refractivity contribution in [3.05, 3.63) is 65.7 Å². The number of nitrogens with two attached hydrogens (primary N) is 1. The maximum atomic E-state index is 13.3. The number of amides is 1. The van der Waals surface area contributed by atoms with E-state index in [4.69, 9.17) is 10.5 Å². The molecular weight excluding hydrogens is 416 g/mol. The number of carbonyl (C=O) groups excluding carboxylic acids is 1. The summed E-state index contributed by atoms with van der Waals surface area (Å²) in [6.07, 6.45) is 2.28. The van der Waals surface area contributed by atoms with Gasteiger partial charge in [0.25, 0.3) is 15.9 Å². The third-order valence-electron chi connectivity index (χ3n) is 5.59. The molecule has 166 valence electrons. The Labute approximate surface area is 183 Å². The summed E-state index contributed by atoms with van der Waals surface area (Å²) in [6, 6.07) is 15.7. The molecule has 1 fully saturated rings. The van der Waals surface area contributed by atoms with Crippen molar-refractivity contribution in [1.82, 2.24) is 10.6 Å². The van der Waals surface area contributed by atoms with Crippen molar-refractivity contribution in [3.63, 3.8) is 0 Å². The number of rotatable bonds is 7. The lowest BCUT2D eigenvalue weighted by Crippen LogP contribution is -2.60. The Morgan fingerprint density at radius 2 is 1.74 bits per heavy atom. The van der Waals surface area contributed by atoms with Gasteiger partial charge in [0.05, 0.1) is 25.0 Å². The molecule has 0 aliphatic carbocycles. The molecule has 1 aliphatic heterocycles. The van der Waals surface area contributed by atoms with E-state index >= 15 is 0 Å². The summed E-state index contributed by atoms with van der Waals surface area (Å²) in [5.74, 6) is -0.143. The molecule has 31 heavy (non-hydrogen) atoms. The fourth-order valence-corrected chi connectivity index (χ4v) is 4.66. The smallest absolute Gasteiger partial charge is 0.255 e. The lowest BCUT2D eigenvalue weighted by Gasteiger charge is -2.44. The molecule has 8 nitrogen and oxygen atoms in total. The monoisotopic (exact) mass is 444 g/mol. The number of methoxy groups -OCH3 is 1. The zero-order chi connectivity index (χ0) is 22.5. The van der Waals surface area contributed by atoms with Crippen LogP contribution in [-0.4, -0.2) is 52.7 Å². The fraction of sp³-hybridized carbons (Fsp3) is 0.364. The van der Waals surface area contributed by atoms with Crippen molar-refractivity contribution in [2.75, 3.05) is 26.5 Å². The van der Waals surface area contributed by atoms with Crippen LogP contribution in [0, 0.1) is 0 Å². The molecule has 9 heteroatoms. The largest absolute Gasteiger partial charge is 0.496 e. The van der Waals surface area contributed by atoms with Gasteiger partial charge in [-0.2, -0.15) is 0 Å². The van der Waals surface area contributed by atoms with Crippen LogP contribution in [0.5, 0.6) is 5.75 Å². The maximum absolute atomic E-state index is 13.3. The minimum atomic E-state index is -3.76. The highest BCUT2D eigenvalue weighted by Gasteiger charge is 2.44. The van der Waals surface area contributed by atoms with E-state index in [0.717, 1.165) is 11.8 Å². The second-order valence-corrected chi connectivity index (χ2v) is 9.28. The van der Waals surface area contributed by atoms with Crippen molar-refractivity contribution < 1.29 is 17.9 Å². The first-order valence-electron chi connectivity index (χ1n) is 10.0. The Morgan fingerprint density at radius 3 is 2.35 bits per heavy atom. The molecule has 0 bridgehead atoms. The number of nitrogens with zero attached hydrogens (tertiary/aromatic N) is 1. The number of nitrogens with one attached hydrogen (secondary N) is 2. The van der Waals surface area contributed by atoms with E-state index < -0.39 is 27.4 Å². The topological polar surface area (TPSA) is 123 Å². The SMILES string of the molecule is COc1ccccc1C(=O)NC(C(N)=NS(C)(=O)=O)C1(c2ccccc2)CCNCC1. The van der Waals surface area contributed by atoms with Crippen molar-refractivity contribution in [3.8, 4) is 5.75 Å². The summed E-state index contributed by atoms with van der Waals surface area (Å²) in [6.45, 7) is 1.39. The number of hydrogen-bond acceptors (Lipinski definition) is 5. The summed E-state index contributed by atoms with van der Waals surface area (Å²) in [5.41, 5.74) is 6.94. The van der Waals surface area contributed by atoms with Crippen LogP contribution in [0.2, 0.25) is 0 Å². The minimum Gasteiger partial charge on any atom is -0.496 e. The van der Waals surface area contributed by atoms with E-state index in [-0.39, 0.29) is 5.84 Å². The van der Waals surface area contributed by atoms with Crippen molar-refractivity contribution in [1.29, 1.82) is 0 Å². The van der Waals surface area contributed by atoms with Crippen LogP contribution in [0.3, 0.4) is 0 Å². The third kappa shape index (κ3) is 5.23. The van der Waals surface area contributed by atoms with E-state index in [9.17, 15) is 13.2 Å². The van der Waals surface area contributed by atoms with E-state index in [0.29, 0.717) is 37.2 Å². The predicted octanol–water partition coefficient (Wildman–Crippen LogP) is 1.43. The summed E-state index contributed by atoms with van der Waals surface area (Å²) in [4.78, 5) is 13.3. The second kappa shape index (κ2) is 9.49. The number of amidine groups is 1. The molecule has 1 atom stereocenters. The second-order valence-electron chi connectivity index (χ2n) is 7.63. The highest BCUT2D eigenvalue weighted by atomic mass is 32.2. The van der Waals surface area contributed by atoms with Crippen LogP contribution < -0.4 is 21.1 Å². The van der Waals surface area contributed by atoms with Gasteiger partial charge >= 0.3 is 0 Å². The van der Waals surface area contributed by atoms with Gasteiger partial charge in [-0.1, -0.05) is 42.5 Å². The van der Waals surface area contributed by atoms with E-state index in [1.807, 2.05) is 30.3 Å². The van der Waals surface area contributed by atoms with Gasteiger partial charge < -0.3 is 21.1 Å². The number of hydrogen-bond donors (Lipinski definition) is 3. The number of carbonyl (C=O) groups is 1. The summed E-state index contributed by atoms with van der Waals surface area (Å²) < 4.78 is 32.9. The molecule has 1 heterocycles. The molecule has 0 saturated carbocycles. The van der Waals surface area contributed by atoms with E-state index in [1.165, 1.54) is 7.11 Å². The van der Waals surface area contributed by atoms with Gasteiger partial charge in [-0.3, -0.25) is 4.79 Å². The quantitative estimate of drug-likeness (QED) is 0.439. The molecule has 1 aliphatic rings. The molecule has 1 amide bonds. The van der Waals surface area contributed by atoms with Gasteiger partial charge in [-0.25, -0.2) is 8.42 Å². The summed E-state index contributed by atoms with van der Waals surface area (Å²) >= 11 is 0. The average molecular weight is 445 g/mol. The van der Waals surface area contributed by atoms with Gasteiger partial charge in [0.2, 0.25) is 0 Å². The molecule has 2 aromatic rings. The van der Waals surface area contributed by atoms with Crippen molar-refractivity contribution >= 4 is 21.8 Å². The molecule has 0 spiro atoms. The number of sulfonamides is 1. The lowest BCUT2D eigenvalue weighted by atomic mass is 9.67. The van der Waals surface area contributed by atoms with Crippen LogP contribution in [0.15, 0.2) is 59.0 Å². The molecular formula is C22H28N4O4S. The number of benzene rings is 2. The van der Waals surface area contributed by atoms with Gasteiger partial charge in [0.1, 0.15) is 11.6 Å².